The minimum atomic E-state index is -1.63. The molecule has 1 aromatic heterocycles. The zero-order valence-corrected chi connectivity index (χ0v) is 22.4. The van der Waals surface area contributed by atoms with E-state index in [4.69, 9.17) is 5.73 Å². The van der Waals surface area contributed by atoms with E-state index in [1.54, 1.807) is 78.9 Å². The van der Waals surface area contributed by atoms with E-state index >= 15 is 0 Å². The number of carboxylic acid groups (broad SMARTS) is 1. The molecule has 12 heteroatoms. The standard InChI is InChI=1S/C30H29N5O7/c31-25(36)17-23(29(40)41)33-26(37)22(15-18-9-3-1-4-10-18)32-27(38)24(16-19-11-5-2-6-12-19)35-28(39)20-13-7-8-14-21(20)34-30(35)42/h1-14,22-24H,15-17H2,(H2,31,36)(H,32,38)(H,33,37)(H,34,42)(H,40,41)/t22-,23-,24-/m0/s1. The molecule has 6 N–H and O–H groups in total. The van der Waals surface area contributed by atoms with Crippen LogP contribution in [0.4, 0.5) is 0 Å². The first-order valence-corrected chi connectivity index (χ1v) is 13.1. The number of aromatic nitrogens is 2. The summed E-state index contributed by atoms with van der Waals surface area (Å²) in [6.45, 7) is 0. The third-order valence-electron chi connectivity index (χ3n) is 6.66. The normalized spacial score (nSPS) is 13.0. The van der Waals surface area contributed by atoms with Crippen molar-refractivity contribution in [2.24, 2.45) is 5.73 Å². The minimum absolute atomic E-state index is 0.0532. The zero-order valence-electron chi connectivity index (χ0n) is 22.4. The lowest BCUT2D eigenvalue weighted by atomic mass is 10.0. The molecule has 42 heavy (non-hydrogen) atoms. The Balaban J connectivity index is 1.73. The second-order valence-corrected chi connectivity index (χ2v) is 9.68. The highest BCUT2D eigenvalue weighted by Gasteiger charge is 2.32. The molecular formula is C30H29N5O7. The Bertz CT molecular complexity index is 1720. The molecule has 0 bridgehead atoms. The van der Waals surface area contributed by atoms with Crippen molar-refractivity contribution in [2.45, 2.75) is 37.4 Å². The second kappa shape index (κ2) is 13.2. The highest BCUT2D eigenvalue weighted by atomic mass is 16.4. The number of nitrogens with one attached hydrogen (secondary N) is 3. The minimum Gasteiger partial charge on any atom is -0.480 e. The van der Waals surface area contributed by atoms with E-state index in [1.165, 1.54) is 6.07 Å². The van der Waals surface area contributed by atoms with Gasteiger partial charge in [-0.05, 0) is 23.3 Å². The first kappa shape index (κ1) is 29.5. The molecule has 3 amide bonds. The molecule has 4 rings (SSSR count). The lowest BCUT2D eigenvalue weighted by Gasteiger charge is -2.25. The molecule has 0 spiro atoms. The Kier molecular flexibility index (Phi) is 9.28. The van der Waals surface area contributed by atoms with Crippen LogP contribution in [-0.2, 0) is 32.0 Å². The molecule has 0 unspecified atom stereocenters. The van der Waals surface area contributed by atoms with Crippen molar-refractivity contribution in [2.75, 3.05) is 0 Å². The number of amides is 3. The van der Waals surface area contributed by atoms with Crippen molar-refractivity contribution in [3.05, 3.63) is 117 Å². The molecule has 1 heterocycles. The molecule has 0 aliphatic heterocycles. The van der Waals surface area contributed by atoms with Gasteiger partial charge in [0.2, 0.25) is 17.7 Å². The van der Waals surface area contributed by atoms with Crippen molar-refractivity contribution in [1.29, 1.82) is 0 Å². The number of benzene rings is 3. The van der Waals surface area contributed by atoms with E-state index in [2.05, 4.69) is 15.6 Å². The van der Waals surface area contributed by atoms with Gasteiger partial charge in [0.15, 0.2) is 0 Å². The summed E-state index contributed by atoms with van der Waals surface area (Å²) in [7, 11) is 0. The molecule has 12 nitrogen and oxygen atoms in total. The first-order chi connectivity index (χ1) is 20.1. The van der Waals surface area contributed by atoms with Gasteiger partial charge in [-0.3, -0.25) is 19.2 Å². The van der Waals surface area contributed by atoms with Gasteiger partial charge in [-0.15, -0.1) is 0 Å². The Morgan fingerprint density at radius 2 is 1.31 bits per heavy atom. The van der Waals surface area contributed by atoms with Crippen LogP contribution in [0, 0.1) is 0 Å². The first-order valence-electron chi connectivity index (χ1n) is 13.1. The molecule has 0 fully saturated rings. The Morgan fingerprint density at radius 3 is 1.90 bits per heavy atom. The molecule has 0 saturated carbocycles. The van der Waals surface area contributed by atoms with Crippen molar-refractivity contribution >= 4 is 34.6 Å². The fourth-order valence-electron chi connectivity index (χ4n) is 4.60. The van der Waals surface area contributed by atoms with Crippen LogP contribution in [0.3, 0.4) is 0 Å². The second-order valence-electron chi connectivity index (χ2n) is 9.68. The van der Waals surface area contributed by atoms with Crippen LogP contribution in [0.25, 0.3) is 10.9 Å². The predicted octanol–water partition coefficient (Wildman–Crippen LogP) is 0.646. The van der Waals surface area contributed by atoms with E-state index < -0.39 is 59.5 Å². The van der Waals surface area contributed by atoms with Crippen molar-refractivity contribution in [3.8, 4) is 0 Å². The van der Waals surface area contributed by atoms with Gasteiger partial charge in [-0.2, -0.15) is 0 Å². The number of fused-ring (bicyclic) bond motifs is 1. The van der Waals surface area contributed by atoms with Crippen LogP contribution >= 0.6 is 0 Å². The number of hydrogen-bond acceptors (Lipinski definition) is 6. The Hall–Kier alpha value is -5.52. The number of carbonyl (C=O) groups is 4. The lowest BCUT2D eigenvalue weighted by molar-refractivity contribution is -0.143. The summed E-state index contributed by atoms with van der Waals surface area (Å²) in [6.07, 6.45) is -0.777. The van der Waals surface area contributed by atoms with Gasteiger partial charge in [0.05, 0.1) is 17.3 Å². The molecule has 0 radical (unpaired) electrons. The lowest BCUT2D eigenvalue weighted by Crippen LogP contribution is -2.55. The third-order valence-corrected chi connectivity index (χ3v) is 6.66. The average Bonchev–Trinajstić information content (AvgIpc) is 2.96. The predicted molar refractivity (Wildman–Crippen MR) is 153 cm³/mol. The van der Waals surface area contributed by atoms with Crippen LogP contribution < -0.4 is 27.6 Å². The number of rotatable bonds is 12. The number of aromatic amines is 1. The molecule has 0 saturated heterocycles. The number of carboxylic acids is 1. The fraction of sp³-hybridized carbons (Fsp3) is 0.200. The fourth-order valence-corrected chi connectivity index (χ4v) is 4.60. The SMILES string of the molecule is NC(=O)C[C@H](NC(=O)[C@H](Cc1ccccc1)NC(=O)[C@H](Cc1ccccc1)n1c(=O)[nH]c2ccccc2c1=O)C(=O)O. The summed E-state index contributed by atoms with van der Waals surface area (Å²) in [6, 6.07) is 19.4. The summed E-state index contributed by atoms with van der Waals surface area (Å²) >= 11 is 0. The van der Waals surface area contributed by atoms with Gasteiger partial charge in [-0.25, -0.2) is 14.2 Å². The zero-order chi connectivity index (χ0) is 30.2. The van der Waals surface area contributed by atoms with E-state index in [1.807, 2.05) is 0 Å². The number of H-pyrrole nitrogens is 1. The topological polar surface area (TPSA) is 193 Å². The third kappa shape index (κ3) is 7.16. The van der Waals surface area contributed by atoms with Gasteiger partial charge < -0.3 is 26.5 Å². The maximum absolute atomic E-state index is 13.9. The molecule has 216 valence electrons. The van der Waals surface area contributed by atoms with Gasteiger partial charge in [0.25, 0.3) is 5.56 Å². The summed E-state index contributed by atoms with van der Waals surface area (Å²) in [4.78, 5) is 79.6. The summed E-state index contributed by atoms with van der Waals surface area (Å²) in [5, 5.41) is 14.5. The van der Waals surface area contributed by atoms with Crippen LogP contribution in [0.15, 0.2) is 94.5 Å². The van der Waals surface area contributed by atoms with Crippen molar-refractivity contribution < 1.29 is 24.3 Å². The molecule has 4 aromatic rings. The average molecular weight is 572 g/mol. The Labute approximate surface area is 239 Å². The number of primary amides is 1. The highest BCUT2D eigenvalue weighted by molar-refractivity contribution is 5.93. The van der Waals surface area contributed by atoms with Gasteiger partial charge in [0, 0.05) is 12.8 Å². The maximum Gasteiger partial charge on any atom is 0.329 e. The largest absolute Gasteiger partial charge is 0.480 e. The van der Waals surface area contributed by atoms with E-state index in [0.717, 1.165) is 4.57 Å². The van der Waals surface area contributed by atoms with Crippen LogP contribution in [0.5, 0.6) is 0 Å². The van der Waals surface area contributed by atoms with Gasteiger partial charge >= 0.3 is 11.7 Å². The number of para-hydroxylation sites is 1. The van der Waals surface area contributed by atoms with Crippen LogP contribution in [0.1, 0.15) is 23.6 Å². The molecule has 0 aliphatic carbocycles. The quantitative estimate of drug-likeness (QED) is 0.165. The number of aliphatic carboxylic acids is 1. The van der Waals surface area contributed by atoms with Gasteiger partial charge in [0.1, 0.15) is 18.1 Å². The summed E-state index contributed by atoms with van der Waals surface area (Å²) < 4.78 is 0.815. The van der Waals surface area contributed by atoms with Crippen molar-refractivity contribution in [1.82, 2.24) is 20.2 Å². The Morgan fingerprint density at radius 1 is 0.762 bits per heavy atom. The number of nitrogens with zero attached hydrogens (tertiary/aromatic N) is 1. The molecule has 3 aromatic carbocycles. The van der Waals surface area contributed by atoms with E-state index in [0.29, 0.717) is 16.6 Å². The highest BCUT2D eigenvalue weighted by Crippen LogP contribution is 2.15. The summed E-state index contributed by atoms with van der Waals surface area (Å²) in [5.41, 5.74) is 5.23. The van der Waals surface area contributed by atoms with Crippen molar-refractivity contribution in [3.63, 3.8) is 0 Å². The number of hydrogen-bond donors (Lipinski definition) is 5. The molecule has 0 aliphatic rings. The smallest absolute Gasteiger partial charge is 0.329 e. The molecule has 3 atom stereocenters. The van der Waals surface area contributed by atoms with Crippen LogP contribution in [-0.4, -0.2) is 50.4 Å². The number of carbonyl (C=O) groups excluding carboxylic acids is 3. The number of nitrogens with two attached hydrogens (primary N) is 1. The van der Waals surface area contributed by atoms with Gasteiger partial charge in [-0.1, -0.05) is 72.8 Å². The maximum atomic E-state index is 13.9. The summed E-state index contributed by atoms with van der Waals surface area (Å²) in [5.74, 6) is -4.13. The van der Waals surface area contributed by atoms with E-state index in [9.17, 15) is 33.9 Å². The monoisotopic (exact) mass is 571 g/mol. The van der Waals surface area contributed by atoms with Crippen LogP contribution in [0.2, 0.25) is 0 Å². The van der Waals surface area contributed by atoms with E-state index in [-0.39, 0.29) is 18.2 Å². The molecular weight excluding hydrogens is 542 g/mol.